The summed E-state index contributed by atoms with van der Waals surface area (Å²) in [4.78, 5) is 13.2. The molecule has 1 aromatic carbocycles. The van der Waals surface area contributed by atoms with Crippen molar-refractivity contribution in [3.8, 4) is 0 Å². The zero-order valence-corrected chi connectivity index (χ0v) is 22.3. The van der Waals surface area contributed by atoms with Crippen molar-refractivity contribution in [2.75, 3.05) is 39.4 Å². The van der Waals surface area contributed by atoms with Crippen molar-refractivity contribution in [1.29, 1.82) is 0 Å². The van der Waals surface area contributed by atoms with E-state index in [1.807, 2.05) is 19.9 Å². The van der Waals surface area contributed by atoms with E-state index in [1.165, 1.54) is 17.5 Å². The minimum Gasteiger partial charge on any atom is -0.331 e. The number of nitrogens with zero attached hydrogens (tertiary/aromatic N) is 4. The lowest BCUT2D eigenvalue weighted by atomic mass is 10.1. The van der Waals surface area contributed by atoms with Gasteiger partial charge in [-0.3, -0.25) is 20.2 Å². The highest BCUT2D eigenvalue weighted by molar-refractivity contribution is 5.94. The van der Waals surface area contributed by atoms with Gasteiger partial charge in [0.2, 0.25) is 0 Å². The second-order valence-corrected chi connectivity index (χ2v) is 8.39. The van der Waals surface area contributed by atoms with E-state index in [0.717, 1.165) is 63.6 Å². The molecule has 0 spiro atoms. The number of aliphatic imine (C=N–C) groups is 2. The molecule has 0 saturated carbocycles. The van der Waals surface area contributed by atoms with Crippen LogP contribution in [0.2, 0.25) is 0 Å². The normalized spacial score (nSPS) is 17.6. The van der Waals surface area contributed by atoms with E-state index in [9.17, 15) is 0 Å². The molecule has 2 saturated heterocycles. The molecule has 0 bridgehead atoms. The van der Waals surface area contributed by atoms with Crippen LogP contribution < -0.4 is 10.6 Å². The Morgan fingerprint density at radius 2 is 1.79 bits per heavy atom. The minimum absolute atomic E-state index is 0.233. The summed E-state index contributed by atoms with van der Waals surface area (Å²) in [6, 6.07) is 9.18. The van der Waals surface area contributed by atoms with Crippen molar-refractivity contribution < 1.29 is 0 Å². The van der Waals surface area contributed by atoms with Gasteiger partial charge in [0, 0.05) is 57.2 Å². The van der Waals surface area contributed by atoms with Gasteiger partial charge in [-0.1, -0.05) is 65.0 Å². The van der Waals surface area contributed by atoms with Crippen LogP contribution in [-0.4, -0.2) is 61.7 Å². The molecule has 1 atom stereocenters. The van der Waals surface area contributed by atoms with Crippen molar-refractivity contribution in [1.82, 2.24) is 20.4 Å². The zero-order chi connectivity index (χ0) is 25.2. The first-order valence-corrected chi connectivity index (χ1v) is 13.0. The smallest absolute Gasteiger partial charge is 0.130 e. The summed E-state index contributed by atoms with van der Waals surface area (Å²) in [7, 11) is 0. The maximum absolute atomic E-state index is 4.74. The van der Waals surface area contributed by atoms with Gasteiger partial charge in [0.15, 0.2) is 0 Å². The Labute approximate surface area is 208 Å². The average molecular weight is 469 g/mol. The number of amidine groups is 1. The monoisotopic (exact) mass is 468 g/mol. The number of likely N-dealkylation sites (tertiary alicyclic amines) is 1. The summed E-state index contributed by atoms with van der Waals surface area (Å²) in [6.45, 7) is 25.0. The largest absolute Gasteiger partial charge is 0.331 e. The fourth-order valence-corrected chi connectivity index (χ4v) is 3.78. The third-order valence-electron chi connectivity index (χ3n) is 5.57. The summed E-state index contributed by atoms with van der Waals surface area (Å²) < 4.78 is 0. The molecular weight excluding hydrogens is 420 g/mol. The fraction of sp³-hybridized carbons (Fsp3) is 0.571. The van der Waals surface area contributed by atoms with Crippen molar-refractivity contribution in [3.63, 3.8) is 0 Å². The van der Waals surface area contributed by atoms with E-state index in [1.54, 1.807) is 6.20 Å². The second-order valence-electron chi connectivity index (χ2n) is 8.39. The van der Waals surface area contributed by atoms with Crippen LogP contribution in [0.15, 0.2) is 58.8 Å². The number of piperazine rings is 1. The van der Waals surface area contributed by atoms with Crippen LogP contribution in [0.5, 0.6) is 0 Å². The van der Waals surface area contributed by atoms with Gasteiger partial charge in [0.1, 0.15) is 5.84 Å². The Morgan fingerprint density at radius 1 is 1.15 bits per heavy atom. The Kier molecular flexibility index (Phi) is 15.8. The van der Waals surface area contributed by atoms with Crippen LogP contribution in [-0.2, 0) is 6.54 Å². The van der Waals surface area contributed by atoms with Crippen molar-refractivity contribution in [3.05, 3.63) is 59.9 Å². The SMILES string of the molecule is C=N/C=C\C(=N/CNC(C)c1ccc(CN2CCNCC2)cc1)N1CCCC1=C.CC.CCC. The summed E-state index contributed by atoms with van der Waals surface area (Å²) >= 11 is 0. The highest BCUT2D eigenvalue weighted by Gasteiger charge is 2.18. The van der Waals surface area contributed by atoms with E-state index in [-0.39, 0.29) is 6.04 Å². The molecule has 2 fully saturated rings. The molecule has 1 unspecified atom stereocenters. The standard InChI is InChI=1S/C23H34N6.C3H8.C2H6/c1-19-5-4-14-29(19)23(10-11-24-3)27-18-26-20(2)22-8-6-21(7-9-22)17-28-15-12-25-13-16-28;1-3-2;1-2/h6-11,20,25-26H,1,3-5,12-18H2,2H3;3H2,1-2H3;1-2H3/b11-10-,27-23+;;. The first-order chi connectivity index (χ1) is 16.6. The second kappa shape index (κ2) is 18.1. The molecule has 1 aromatic rings. The lowest BCUT2D eigenvalue weighted by Gasteiger charge is -2.27. The Morgan fingerprint density at radius 3 is 2.35 bits per heavy atom. The average Bonchev–Trinajstić information content (AvgIpc) is 3.29. The van der Waals surface area contributed by atoms with E-state index >= 15 is 0 Å². The molecule has 190 valence electrons. The third kappa shape index (κ3) is 10.8. The van der Waals surface area contributed by atoms with Gasteiger partial charge in [-0.15, -0.1) is 0 Å². The Bertz CT molecular complexity index is 747. The number of hydrogen-bond acceptors (Lipinski definition) is 5. The summed E-state index contributed by atoms with van der Waals surface area (Å²) in [5.74, 6) is 0.894. The molecule has 3 rings (SSSR count). The predicted molar refractivity (Wildman–Crippen MR) is 150 cm³/mol. The molecule has 34 heavy (non-hydrogen) atoms. The number of allylic oxidation sites excluding steroid dienone is 1. The summed E-state index contributed by atoms with van der Waals surface area (Å²) in [5.41, 5.74) is 3.77. The Hall–Kier alpha value is -2.28. The highest BCUT2D eigenvalue weighted by atomic mass is 15.2. The minimum atomic E-state index is 0.233. The van der Waals surface area contributed by atoms with Crippen molar-refractivity contribution in [2.24, 2.45) is 9.98 Å². The molecular formula is C28H48N6. The molecule has 0 aliphatic carbocycles. The van der Waals surface area contributed by atoms with E-state index < -0.39 is 0 Å². The number of rotatable bonds is 8. The molecule has 0 aromatic heterocycles. The van der Waals surface area contributed by atoms with Crippen molar-refractivity contribution >= 4 is 12.6 Å². The predicted octanol–water partition coefficient (Wildman–Crippen LogP) is 5.36. The zero-order valence-electron chi connectivity index (χ0n) is 22.3. The van der Waals surface area contributed by atoms with Crippen molar-refractivity contribution in [2.45, 2.75) is 66.5 Å². The molecule has 0 amide bonds. The molecule has 2 aliphatic rings. The molecule has 0 radical (unpaired) electrons. The van der Waals surface area contributed by atoms with Gasteiger partial charge in [0.05, 0.1) is 6.67 Å². The van der Waals surface area contributed by atoms with Gasteiger partial charge in [-0.2, -0.15) is 0 Å². The first kappa shape index (κ1) is 29.8. The number of nitrogens with one attached hydrogen (secondary N) is 2. The van der Waals surface area contributed by atoms with Crippen LogP contribution in [0.25, 0.3) is 0 Å². The number of benzene rings is 1. The quantitative estimate of drug-likeness (QED) is 0.398. The van der Waals surface area contributed by atoms with Gasteiger partial charge < -0.3 is 10.2 Å². The van der Waals surface area contributed by atoms with Crippen LogP contribution in [0.3, 0.4) is 0 Å². The molecule has 6 nitrogen and oxygen atoms in total. The molecule has 2 N–H and O–H groups in total. The topological polar surface area (TPSA) is 55.3 Å². The van der Waals surface area contributed by atoms with Crippen LogP contribution in [0, 0.1) is 0 Å². The van der Waals surface area contributed by atoms with E-state index in [2.05, 4.69) is 83.8 Å². The van der Waals surface area contributed by atoms with Gasteiger partial charge in [-0.25, -0.2) is 0 Å². The maximum atomic E-state index is 4.74. The summed E-state index contributed by atoms with van der Waals surface area (Å²) in [6.07, 6.45) is 6.99. The molecule has 2 aliphatic heterocycles. The highest BCUT2D eigenvalue weighted by Crippen LogP contribution is 2.20. The molecule has 2 heterocycles. The first-order valence-electron chi connectivity index (χ1n) is 13.0. The van der Waals surface area contributed by atoms with Gasteiger partial charge in [-0.05, 0) is 43.7 Å². The van der Waals surface area contributed by atoms with Crippen LogP contribution >= 0.6 is 0 Å². The van der Waals surface area contributed by atoms with E-state index in [0.29, 0.717) is 6.67 Å². The lowest BCUT2D eigenvalue weighted by Crippen LogP contribution is -2.42. The third-order valence-corrected chi connectivity index (χ3v) is 5.57. The summed E-state index contributed by atoms with van der Waals surface area (Å²) in [5, 5.41) is 6.90. The van der Waals surface area contributed by atoms with Crippen LogP contribution in [0.1, 0.15) is 71.0 Å². The Balaban J connectivity index is 0.00000107. The van der Waals surface area contributed by atoms with E-state index in [4.69, 9.17) is 4.99 Å². The maximum Gasteiger partial charge on any atom is 0.130 e. The van der Waals surface area contributed by atoms with Gasteiger partial charge in [0.25, 0.3) is 0 Å². The lowest BCUT2D eigenvalue weighted by molar-refractivity contribution is 0.233. The van der Waals surface area contributed by atoms with Crippen LogP contribution in [0.4, 0.5) is 0 Å². The fourth-order valence-electron chi connectivity index (χ4n) is 3.78. The molecule has 6 heteroatoms. The number of hydrogen-bond donors (Lipinski definition) is 2. The van der Waals surface area contributed by atoms with Gasteiger partial charge >= 0.3 is 0 Å².